The Labute approximate surface area is 147 Å². The molecular formula is C20H22N2O3. The standard InChI is InChI=1S/C20H22N2O3/c1-25-20(24)16-9-3-5-11-18(16)22-19(23)12-6-7-14-13-21-17-10-4-2-8-15(14)17/h2-5,8-11,14,21H,6-7,12-13H2,1H3,(H,22,23). The highest BCUT2D eigenvalue weighted by molar-refractivity contribution is 6.01. The van der Waals surface area contributed by atoms with Crippen LogP contribution in [0.15, 0.2) is 48.5 Å². The molecular weight excluding hydrogens is 316 g/mol. The van der Waals surface area contributed by atoms with E-state index in [0.717, 1.165) is 19.4 Å². The van der Waals surface area contributed by atoms with E-state index in [0.29, 0.717) is 23.6 Å². The predicted molar refractivity (Wildman–Crippen MR) is 97.9 cm³/mol. The molecule has 130 valence electrons. The van der Waals surface area contributed by atoms with Crippen LogP contribution >= 0.6 is 0 Å². The van der Waals surface area contributed by atoms with Gasteiger partial charge < -0.3 is 15.4 Å². The smallest absolute Gasteiger partial charge is 0.339 e. The van der Waals surface area contributed by atoms with Crippen molar-refractivity contribution >= 4 is 23.3 Å². The van der Waals surface area contributed by atoms with E-state index in [2.05, 4.69) is 28.8 Å². The third-order valence-corrected chi connectivity index (χ3v) is 4.50. The molecule has 2 N–H and O–H groups in total. The maximum absolute atomic E-state index is 12.2. The molecule has 3 rings (SSSR count). The number of nitrogens with one attached hydrogen (secondary N) is 2. The van der Waals surface area contributed by atoms with Crippen LogP contribution < -0.4 is 10.6 Å². The normalized spacial score (nSPS) is 15.2. The molecule has 25 heavy (non-hydrogen) atoms. The summed E-state index contributed by atoms with van der Waals surface area (Å²) in [4.78, 5) is 24.0. The van der Waals surface area contributed by atoms with Gasteiger partial charge in [-0.2, -0.15) is 0 Å². The molecule has 2 aromatic rings. The highest BCUT2D eigenvalue weighted by Gasteiger charge is 2.21. The molecule has 0 saturated carbocycles. The fraction of sp³-hybridized carbons (Fsp3) is 0.300. The van der Waals surface area contributed by atoms with Crippen LogP contribution in [-0.2, 0) is 9.53 Å². The summed E-state index contributed by atoms with van der Waals surface area (Å²) < 4.78 is 4.74. The van der Waals surface area contributed by atoms with Gasteiger partial charge in [0.1, 0.15) is 0 Å². The molecule has 2 aromatic carbocycles. The number of carbonyl (C=O) groups excluding carboxylic acids is 2. The Kier molecular flexibility index (Phi) is 5.33. The fourth-order valence-electron chi connectivity index (χ4n) is 3.22. The first-order valence-electron chi connectivity index (χ1n) is 8.49. The van der Waals surface area contributed by atoms with E-state index in [-0.39, 0.29) is 5.91 Å². The third kappa shape index (κ3) is 3.99. The molecule has 0 saturated heterocycles. The molecule has 1 aliphatic heterocycles. The lowest BCUT2D eigenvalue weighted by atomic mass is 9.95. The summed E-state index contributed by atoms with van der Waals surface area (Å²) in [7, 11) is 1.33. The maximum atomic E-state index is 12.2. The van der Waals surface area contributed by atoms with Crippen molar-refractivity contribution in [1.82, 2.24) is 0 Å². The molecule has 1 aliphatic rings. The molecule has 5 nitrogen and oxygen atoms in total. The van der Waals surface area contributed by atoms with Crippen LogP contribution in [0.3, 0.4) is 0 Å². The minimum atomic E-state index is -0.454. The average Bonchev–Trinajstić information content (AvgIpc) is 3.05. The Hall–Kier alpha value is -2.82. The number of para-hydroxylation sites is 2. The lowest BCUT2D eigenvalue weighted by Crippen LogP contribution is -2.15. The number of esters is 1. The van der Waals surface area contributed by atoms with Crippen LogP contribution in [-0.4, -0.2) is 25.5 Å². The van der Waals surface area contributed by atoms with Crippen LogP contribution in [0.2, 0.25) is 0 Å². The Bertz CT molecular complexity index is 773. The zero-order chi connectivity index (χ0) is 17.6. The summed E-state index contributed by atoms with van der Waals surface area (Å²) in [6.45, 7) is 0.923. The van der Waals surface area contributed by atoms with E-state index < -0.39 is 5.97 Å². The van der Waals surface area contributed by atoms with Crippen molar-refractivity contribution < 1.29 is 14.3 Å². The van der Waals surface area contributed by atoms with Gasteiger partial charge in [-0.25, -0.2) is 4.79 Å². The van der Waals surface area contributed by atoms with Crippen LogP contribution in [0.4, 0.5) is 11.4 Å². The number of hydrogen-bond acceptors (Lipinski definition) is 4. The first-order valence-corrected chi connectivity index (χ1v) is 8.49. The molecule has 0 spiro atoms. The van der Waals surface area contributed by atoms with Crippen LogP contribution in [0.25, 0.3) is 0 Å². The van der Waals surface area contributed by atoms with E-state index >= 15 is 0 Å². The summed E-state index contributed by atoms with van der Waals surface area (Å²) in [5, 5.41) is 6.22. The SMILES string of the molecule is COC(=O)c1ccccc1NC(=O)CCCC1CNc2ccccc21. The Morgan fingerprint density at radius 3 is 2.76 bits per heavy atom. The number of ether oxygens (including phenoxy) is 1. The van der Waals surface area contributed by atoms with Gasteiger partial charge in [-0.1, -0.05) is 30.3 Å². The molecule has 0 aromatic heterocycles. The van der Waals surface area contributed by atoms with Crippen LogP contribution in [0.1, 0.15) is 41.1 Å². The van der Waals surface area contributed by atoms with Gasteiger partial charge in [0.2, 0.25) is 5.91 Å². The predicted octanol–water partition coefficient (Wildman–Crippen LogP) is 3.79. The van der Waals surface area contributed by atoms with Gasteiger partial charge in [0.25, 0.3) is 0 Å². The number of hydrogen-bond donors (Lipinski definition) is 2. The van der Waals surface area contributed by atoms with Gasteiger partial charge in [-0.05, 0) is 36.6 Å². The van der Waals surface area contributed by atoms with Crippen molar-refractivity contribution in [3.05, 3.63) is 59.7 Å². The highest BCUT2D eigenvalue weighted by atomic mass is 16.5. The fourth-order valence-corrected chi connectivity index (χ4v) is 3.22. The Balaban J connectivity index is 1.52. The van der Waals surface area contributed by atoms with Gasteiger partial charge >= 0.3 is 5.97 Å². The molecule has 5 heteroatoms. The zero-order valence-corrected chi connectivity index (χ0v) is 14.2. The molecule has 1 unspecified atom stereocenters. The van der Waals surface area contributed by atoms with Gasteiger partial charge in [-0.3, -0.25) is 4.79 Å². The van der Waals surface area contributed by atoms with E-state index in [9.17, 15) is 9.59 Å². The number of methoxy groups -OCH3 is 1. The topological polar surface area (TPSA) is 67.4 Å². The van der Waals surface area contributed by atoms with E-state index in [1.807, 2.05) is 6.07 Å². The Morgan fingerprint density at radius 2 is 1.92 bits per heavy atom. The monoisotopic (exact) mass is 338 g/mol. The van der Waals surface area contributed by atoms with Crippen molar-refractivity contribution in [2.45, 2.75) is 25.2 Å². The maximum Gasteiger partial charge on any atom is 0.339 e. The number of fused-ring (bicyclic) bond motifs is 1. The van der Waals surface area contributed by atoms with Crippen LogP contribution in [0, 0.1) is 0 Å². The van der Waals surface area contributed by atoms with E-state index in [1.54, 1.807) is 24.3 Å². The van der Waals surface area contributed by atoms with E-state index in [1.165, 1.54) is 18.4 Å². The van der Waals surface area contributed by atoms with Crippen molar-refractivity contribution in [3.8, 4) is 0 Å². The van der Waals surface area contributed by atoms with Crippen LogP contribution in [0.5, 0.6) is 0 Å². The number of carbonyl (C=O) groups is 2. The van der Waals surface area contributed by atoms with Gasteiger partial charge in [0.15, 0.2) is 0 Å². The second-order valence-corrected chi connectivity index (χ2v) is 6.14. The summed E-state index contributed by atoms with van der Waals surface area (Å²) in [5.41, 5.74) is 3.39. The number of anilines is 2. The Morgan fingerprint density at radius 1 is 1.16 bits per heavy atom. The molecule has 0 bridgehead atoms. The minimum Gasteiger partial charge on any atom is -0.465 e. The second kappa shape index (κ2) is 7.83. The number of rotatable bonds is 6. The summed E-state index contributed by atoms with van der Waals surface area (Å²) in [5.74, 6) is -0.0912. The van der Waals surface area contributed by atoms with Gasteiger partial charge in [-0.15, -0.1) is 0 Å². The average molecular weight is 338 g/mol. The molecule has 0 radical (unpaired) electrons. The third-order valence-electron chi connectivity index (χ3n) is 4.50. The first kappa shape index (κ1) is 17.0. The molecule has 1 atom stereocenters. The van der Waals surface area contributed by atoms with Gasteiger partial charge in [0.05, 0.1) is 18.4 Å². The molecule has 0 aliphatic carbocycles. The lowest BCUT2D eigenvalue weighted by molar-refractivity contribution is -0.116. The minimum absolute atomic E-state index is 0.0874. The lowest BCUT2D eigenvalue weighted by Gasteiger charge is -2.11. The summed E-state index contributed by atoms with van der Waals surface area (Å²) in [6.07, 6.45) is 2.18. The quantitative estimate of drug-likeness (QED) is 0.786. The van der Waals surface area contributed by atoms with E-state index in [4.69, 9.17) is 4.74 Å². The van der Waals surface area contributed by atoms with Gasteiger partial charge in [0, 0.05) is 24.6 Å². The first-order chi connectivity index (χ1) is 12.2. The second-order valence-electron chi connectivity index (χ2n) is 6.14. The van der Waals surface area contributed by atoms with Crippen molar-refractivity contribution in [2.24, 2.45) is 0 Å². The number of amides is 1. The summed E-state index contributed by atoms with van der Waals surface area (Å²) in [6, 6.07) is 15.2. The molecule has 0 fully saturated rings. The largest absolute Gasteiger partial charge is 0.465 e. The zero-order valence-electron chi connectivity index (χ0n) is 14.2. The van der Waals surface area contributed by atoms with Crippen molar-refractivity contribution in [2.75, 3.05) is 24.3 Å². The van der Waals surface area contributed by atoms with Crippen molar-refractivity contribution in [1.29, 1.82) is 0 Å². The van der Waals surface area contributed by atoms with Crippen molar-refractivity contribution in [3.63, 3.8) is 0 Å². The number of benzene rings is 2. The molecule has 1 amide bonds. The summed E-state index contributed by atoms with van der Waals surface area (Å²) >= 11 is 0. The molecule has 1 heterocycles. The highest BCUT2D eigenvalue weighted by Crippen LogP contribution is 2.34.